The lowest BCUT2D eigenvalue weighted by atomic mass is 9.92. The van der Waals surface area contributed by atoms with Gasteiger partial charge in [0.05, 0.1) is 5.60 Å². The van der Waals surface area contributed by atoms with Crippen molar-refractivity contribution in [1.82, 2.24) is 0 Å². The number of hydrogen-bond acceptors (Lipinski definition) is 1. The highest BCUT2D eigenvalue weighted by Gasteiger charge is 2.23. The number of halogens is 1. The van der Waals surface area contributed by atoms with Gasteiger partial charge in [0.15, 0.2) is 0 Å². The second-order valence-electron chi connectivity index (χ2n) is 4.24. The fourth-order valence-electron chi connectivity index (χ4n) is 1.41. The van der Waals surface area contributed by atoms with E-state index >= 15 is 0 Å². The average molecular weight is 225 g/mol. The summed E-state index contributed by atoms with van der Waals surface area (Å²) in [4.78, 5) is 0. The van der Waals surface area contributed by atoms with E-state index in [2.05, 4.69) is 0 Å². The highest BCUT2D eigenvalue weighted by molar-refractivity contribution is 6.31. The predicted octanol–water partition coefficient (Wildman–Crippen LogP) is 3.90. The van der Waals surface area contributed by atoms with Gasteiger partial charge < -0.3 is 5.11 Å². The summed E-state index contributed by atoms with van der Waals surface area (Å²) in [5.41, 5.74) is 1.08. The van der Waals surface area contributed by atoms with Crippen molar-refractivity contribution in [3.8, 4) is 0 Å². The monoisotopic (exact) mass is 224 g/mol. The van der Waals surface area contributed by atoms with E-state index in [9.17, 15) is 5.11 Å². The van der Waals surface area contributed by atoms with E-state index in [4.69, 9.17) is 11.6 Å². The molecular formula is C13H17ClO. The normalized spacial score (nSPS) is 14.5. The third-order valence-electron chi connectivity index (χ3n) is 2.36. The Morgan fingerprint density at radius 2 is 2.00 bits per heavy atom. The molecule has 0 fully saturated rings. The van der Waals surface area contributed by atoms with E-state index < -0.39 is 5.60 Å². The molecule has 1 unspecified atom stereocenters. The Hall–Kier alpha value is -0.790. The highest BCUT2D eigenvalue weighted by atomic mass is 35.5. The molecule has 1 N–H and O–H groups in total. The van der Waals surface area contributed by atoms with Crippen molar-refractivity contribution < 1.29 is 5.11 Å². The summed E-state index contributed by atoms with van der Waals surface area (Å²) in [7, 11) is 0. The van der Waals surface area contributed by atoms with Crippen LogP contribution in [0, 0.1) is 0 Å². The minimum absolute atomic E-state index is 0.582. The van der Waals surface area contributed by atoms with Crippen LogP contribution < -0.4 is 0 Å². The molecule has 0 aliphatic carbocycles. The average Bonchev–Trinajstić information content (AvgIpc) is 2.15. The summed E-state index contributed by atoms with van der Waals surface area (Å²) >= 11 is 6.04. The zero-order chi connectivity index (χ0) is 11.5. The van der Waals surface area contributed by atoms with E-state index in [1.807, 2.05) is 38.1 Å². The molecule has 0 saturated heterocycles. The number of hydrogen-bond donors (Lipinski definition) is 1. The first kappa shape index (κ1) is 12.3. The molecule has 1 aromatic carbocycles. The van der Waals surface area contributed by atoms with Crippen LogP contribution in [0.3, 0.4) is 0 Å². The molecule has 0 saturated carbocycles. The Morgan fingerprint density at radius 1 is 1.40 bits per heavy atom. The van der Waals surface area contributed by atoms with Gasteiger partial charge in [0.1, 0.15) is 0 Å². The Morgan fingerprint density at radius 3 is 2.53 bits per heavy atom. The smallest absolute Gasteiger partial charge is 0.0917 e. The molecule has 0 aliphatic heterocycles. The van der Waals surface area contributed by atoms with Crippen molar-refractivity contribution in [1.29, 1.82) is 0 Å². The second kappa shape index (κ2) is 4.82. The van der Waals surface area contributed by atoms with E-state index in [0.29, 0.717) is 11.4 Å². The van der Waals surface area contributed by atoms with Gasteiger partial charge >= 0.3 is 0 Å². The Kier molecular flexibility index (Phi) is 3.95. The quantitative estimate of drug-likeness (QED) is 0.772. The van der Waals surface area contributed by atoms with Gasteiger partial charge in [-0.15, -0.1) is 0 Å². The van der Waals surface area contributed by atoms with Crippen molar-refractivity contribution in [2.75, 3.05) is 0 Å². The van der Waals surface area contributed by atoms with E-state index in [-0.39, 0.29) is 0 Å². The Labute approximate surface area is 96.4 Å². The van der Waals surface area contributed by atoms with Crippen molar-refractivity contribution in [2.24, 2.45) is 0 Å². The van der Waals surface area contributed by atoms with Crippen LogP contribution in [-0.4, -0.2) is 5.11 Å². The molecule has 1 atom stereocenters. The van der Waals surface area contributed by atoms with Gasteiger partial charge in [-0.25, -0.2) is 0 Å². The summed E-state index contributed by atoms with van der Waals surface area (Å²) < 4.78 is 0. The van der Waals surface area contributed by atoms with Crippen molar-refractivity contribution in [2.45, 2.75) is 32.8 Å². The molecule has 0 aromatic heterocycles. The first-order valence-electron chi connectivity index (χ1n) is 5.04. The maximum atomic E-state index is 10.3. The molecule has 15 heavy (non-hydrogen) atoms. The second-order valence-corrected chi connectivity index (χ2v) is 4.65. The number of allylic oxidation sites excluding steroid dienone is 1. The van der Waals surface area contributed by atoms with Crippen LogP contribution >= 0.6 is 11.6 Å². The van der Waals surface area contributed by atoms with Gasteiger partial charge in [0.2, 0.25) is 0 Å². The van der Waals surface area contributed by atoms with Crippen LogP contribution in [0.1, 0.15) is 32.8 Å². The standard InChI is InChI=1S/C13H17ClO/c1-10(2)8-9-13(3,15)11-6-4-5-7-12(11)14/h4-8,15H,9H2,1-3H3. The summed E-state index contributed by atoms with van der Waals surface area (Å²) in [6, 6.07) is 7.41. The molecule has 0 aliphatic rings. The van der Waals surface area contributed by atoms with Crippen LogP contribution in [0.15, 0.2) is 35.9 Å². The van der Waals surface area contributed by atoms with Crippen LogP contribution in [0.4, 0.5) is 0 Å². The summed E-state index contributed by atoms with van der Waals surface area (Å²) in [5, 5.41) is 10.9. The molecular weight excluding hydrogens is 208 g/mol. The minimum atomic E-state index is -0.893. The van der Waals surface area contributed by atoms with Gasteiger partial charge in [-0.05, 0) is 33.3 Å². The molecule has 0 bridgehead atoms. The van der Waals surface area contributed by atoms with Crippen LogP contribution in [0.25, 0.3) is 0 Å². The van der Waals surface area contributed by atoms with E-state index in [1.165, 1.54) is 5.57 Å². The molecule has 1 aromatic rings. The van der Waals surface area contributed by atoms with Crippen LogP contribution in [0.5, 0.6) is 0 Å². The molecule has 1 nitrogen and oxygen atoms in total. The summed E-state index contributed by atoms with van der Waals surface area (Å²) in [6.45, 7) is 5.82. The highest BCUT2D eigenvalue weighted by Crippen LogP contribution is 2.30. The van der Waals surface area contributed by atoms with Crippen molar-refractivity contribution >= 4 is 11.6 Å². The van der Waals surface area contributed by atoms with E-state index in [1.54, 1.807) is 13.0 Å². The molecule has 82 valence electrons. The van der Waals surface area contributed by atoms with Gasteiger partial charge in [-0.3, -0.25) is 0 Å². The van der Waals surface area contributed by atoms with Gasteiger partial charge in [-0.1, -0.05) is 41.4 Å². The minimum Gasteiger partial charge on any atom is -0.385 e. The molecule has 0 radical (unpaired) electrons. The SMILES string of the molecule is CC(C)=CCC(C)(O)c1ccccc1Cl. The topological polar surface area (TPSA) is 20.2 Å². The van der Waals surface area contributed by atoms with Crippen LogP contribution in [-0.2, 0) is 5.60 Å². The first-order valence-corrected chi connectivity index (χ1v) is 5.42. The number of aliphatic hydroxyl groups is 1. The fourth-order valence-corrected chi connectivity index (χ4v) is 1.75. The Bertz CT molecular complexity index is 363. The van der Waals surface area contributed by atoms with Gasteiger partial charge in [-0.2, -0.15) is 0 Å². The molecule has 0 heterocycles. The zero-order valence-electron chi connectivity index (χ0n) is 9.42. The Balaban J connectivity index is 2.95. The van der Waals surface area contributed by atoms with E-state index in [0.717, 1.165) is 5.56 Å². The maximum absolute atomic E-state index is 10.3. The predicted molar refractivity (Wildman–Crippen MR) is 65.1 cm³/mol. The molecule has 0 spiro atoms. The summed E-state index contributed by atoms with van der Waals surface area (Å²) in [6.07, 6.45) is 2.60. The van der Waals surface area contributed by atoms with Gasteiger partial charge in [0.25, 0.3) is 0 Å². The maximum Gasteiger partial charge on any atom is 0.0917 e. The molecule has 1 rings (SSSR count). The largest absolute Gasteiger partial charge is 0.385 e. The summed E-state index contributed by atoms with van der Waals surface area (Å²) in [5.74, 6) is 0. The first-order chi connectivity index (χ1) is 6.93. The molecule has 0 amide bonds. The van der Waals surface area contributed by atoms with Crippen molar-refractivity contribution in [3.05, 3.63) is 46.5 Å². The fraction of sp³-hybridized carbons (Fsp3) is 0.385. The van der Waals surface area contributed by atoms with Crippen LogP contribution in [0.2, 0.25) is 5.02 Å². The third kappa shape index (κ3) is 3.37. The number of benzene rings is 1. The molecule has 2 heteroatoms. The number of rotatable bonds is 3. The lowest BCUT2D eigenvalue weighted by Gasteiger charge is -2.23. The van der Waals surface area contributed by atoms with Crippen molar-refractivity contribution in [3.63, 3.8) is 0 Å². The lowest BCUT2D eigenvalue weighted by Crippen LogP contribution is -2.20. The third-order valence-corrected chi connectivity index (χ3v) is 2.69. The zero-order valence-corrected chi connectivity index (χ0v) is 10.2. The van der Waals surface area contributed by atoms with Gasteiger partial charge in [0, 0.05) is 10.6 Å². The lowest BCUT2D eigenvalue weighted by molar-refractivity contribution is 0.0604.